The molecule has 1 amide bonds. The quantitative estimate of drug-likeness (QED) is 0.0860. The molecule has 5 atom stereocenters. The Bertz CT molecular complexity index is 1010. The third-order valence-corrected chi connectivity index (χ3v) is 6.80. The van der Waals surface area contributed by atoms with Crippen molar-refractivity contribution < 1.29 is 40.0 Å². The number of allylic oxidation sites excluding steroid dienone is 2. The normalized spacial score (nSPS) is 21.6. The number of aliphatic hydroxyl groups is 3. The van der Waals surface area contributed by atoms with Gasteiger partial charge >= 0.3 is 0 Å². The van der Waals surface area contributed by atoms with Crippen molar-refractivity contribution in [1.82, 2.24) is 5.32 Å². The second kappa shape index (κ2) is 17.4. The monoisotopic (exact) mass is 585 g/mol. The van der Waals surface area contributed by atoms with E-state index in [1.807, 2.05) is 30.4 Å². The number of carbonyl (C=O) groups excluding carboxylic acids is 1. The lowest BCUT2D eigenvalue weighted by molar-refractivity contribution is -0.766. The molecule has 0 spiro atoms. The molecule has 0 radical (unpaired) electrons. The number of amides is 1. The van der Waals surface area contributed by atoms with Crippen molar-refractivity contribution in [3.05, 3.63) is 79.4 Å². The van der Waals surface area contributed by atoms with Gasteiger partial charge in [-0.15, -0.1) is 20.2 Å². The van der Waals surface area contributed by atoms with E-state index in [1.54, 1.807) is 18.2 Å². The standard InChI is InChI=1S/C26H36ClN3O10/c27-19-7-5-6-18(14-19)10-11-21(31)12-13-23-22(24(32)15-25(23)33)8-3-1-2-4-9-26(34)28-20(16-39-29(35)36)17-40-30(37)38/h1,3,5-7,12-14,20-25,31-33H,2,4,8-11,15-17H2,(H,28,34)/b3-1-,13-12+/t21-,22+,23+,24-,25+/m0/s1. The molecule has 0 heterocycles. The maximum Gasteiger partial charge on any atom is 0.294 e. The molecule has 1 saturated carbocycles. The van der Waals surface area contributed by atoms with Crippen molar-refractivity contribution in [3.8, 4) is 0 Å². The average Bonchev–Trinajstić information content (AvgIpc) is 3.16. The van der Waals surface area contributed by atoms with Crippen LogP contribution in [0.25, 0.3) is 0 Å². The van der Waals surface area contributed by atoms with E-state index in [0.29, 0.717) is 37.1 Å². The van der Waals surface area contributed by atoms with E-state index in [-0.39, 0.29) is 24.7 Å². The second-order valence-electron chi connectivity index (χ2n) is 9.63. The molecule has 0 saturated heterocycles. The van der Waals surface area contributed by atoms with Crippen LogP contribution in [0.4, 0.5) is 0 Å². The Hall–Kier alpha value is -3.26. The SMILES string of the molecule is O=C(CCC/C=C\C[C@@H]1[C@@H](/C=C/[C@@H](O)CCc2cccc(Cl)c2)[C@H](O)C[C@@H]1O)NC(CO[N+](=O)[O-])CO[N+](=O)[O-]. The fraction of sp³-hybridized carbons (Fsp3) is 0.577. The summed E-state index contributed by atoms with van der Waals surface area (Å²) in [5, 5.41) is 52.8. The van der Waals surface area contributed by atoms with Crippen molar-refractivity contribution >= 4 is 17.5 Å². The van der Waals surface area contributed by atoms with Crippen molar-refractivity contribution in [2.75, 3.05) is 13.2 Å². The molecule has 0 aromatic heterocycles. The van der Waals surface area contributed by atoms with Gasteiger partial charge in [0.05, 0.1) is 24.4 Å². The number of unbranched alkanes of at least 4 members (excludes halogenated alkanes) is 1. The van der Waals surface area contributed by atoms with E-state index in [4.69, 9.17) is 11.6 Å². The molecule has 0 aliphatic heterocycles. The minimum Gasteiger partial charge on any atom is -0.393 e. The first-order chi connectivity index (χ1) is 19.0. The number of aliphatic hydroxyl groups excluding tert-OH is 3. The Morgan fingerprint density at radius 3 is 2.50 bits per heavy atom. The van der Waals surface area contributed by atoms with Gasteiger partial charge in [-0.1, -0.05) is 48.0 Å². The summed E-state index contributed by atoms with van der Waals surface area (Å²) in [4.78, 5) is 41.1. The van der Waals surface area contributed by atoms with Crippen LogP contribution >= 0.6 is 11.6 Å². The molecule has 1 aromatic rings. The summed E-state index contributed by atoms with van der Waals surface area (Å²) in [6.45, 7) is -1.17. The second-order valence-corrected chi connectivity index (χ2v) is 10.1. The molecule has 1 aliphatic rings. The lowest BCUT2D eigenvalue weighted by atomic mass is 9.89. The predicted molar refractivity (Wildman–Crippen MR) is 144 cm³/mol. The molecule has 1 aromatic carbocycles. The lowest BCUT2D eigenvalue weighted by Gasteiger charge is -2.19. The number of nitrogens with zero attached hydrogens (tertiary/aromatic N) is 2. The number of aryl methyl sites for hydroxylation is 1. The Balaban J connectivity index is 1.75. The number of hydrogen-bond acceptors (Lipinski definition) is 10. The summed E-state index contributed by atoms with van der Waals surface area (Å²) >= 11 is 6.00. The maximum absolute atomic E-state index is 12.1. The molecule has 0 bridgehead atoms. The molecule has 2 rings (SSSR count). The van der Waals surface area contributed by atoms with Gasteiger partial charge in [0.1, 0.15) is 13.2 Å². The first kappa shape index (κ1) is 32.9. The van der Waals surface area contributed by atoms with E-state index < -0.39 is 53.6 Å². The van der Waals surface area contributed by atoms with Crippen LogP contribution in [0.3, 0.4) is 0 Å². The minimum absolute atomic E-state index is 0.0704. The zero-order valence-corrected chi connectivity index (χ0v) is 22.7. The zero-order valence-electron chi connectivity index (χ0n) is 21.9. The molecule has 1 fully saturated rings. The van der Waals surface area contributed by atoms with Gasteiger partial charge in [0.2, 0.25) is 5.91 Å². The molecule has 13 nitrogen and oxygen atoms in total. The number of benzene rings is 1. The highest BCUT2D eigenvalue weighted by molar-refractivity contribution is 6.30. The van der Waals surface area contributed by atoms with Crippen LogP contribution in [0.2, 0.25) is 5.02 Å². The Morgan fingerprint density at radius 2 is 1.85 bits per heavy atom. The van der Waals surface area contributed by atoms with Gasteiger partial charge < -0.3 is 30.3 Å². The molecule has 40 heavy (non-hydrogen) atoms. The number of carbonyl (C=O) groups is 1. The van der Waals surface area contributed by atoms with Crippen LogP contribution in [0.5, 0.6) is 0 Å². The molecular formula is C26H36ClN3O10. The third kappa shape index (κ3) is 12.7. The maximum atomic E-state index is 12.1. The predicted octanol–water partition coefficient (Wildman–Crippen LogP) is 2.57. The lowest BCUT2D eigenvalue weighted by Crippen LogP contribution is -2.42. The van der Waals surface area contributed by atoms with E-state index in [1.165, 1.54) is 0 Å². The van der Waals surface area contributed by atoms with E-state index >= 15 is 0 Å². The Morgan fingerprint density at radius 1 is 1.15 bits per heavy atom. The van der Waals surface area contributed by atoms with Crippen LogP contribution in [0.1, 0.15) is 44.1 Å². The fourth-order valence-corrected chi connectivity index (χ4v) is 4.76. The minimum atomic E-state index is -1.07. The number of hydrogen-bond donors (Lipinski definition) is 4. The van der Waals surface area contributed by atoms with Crippen LogP contribution in [-0.2, 0) is 20.9 Å². The summed E-state index contributed by atoms with van der Waals surface area (Å²) < 4.78 is 0. The number of rotatable bonds is 18. The van der Waals surface area contributed by atoms with Crippen molar-refractivity contribution in [1.29, 1.82) is 0 Å². The molecule has 14 heteroatoms. The molecule has 222 valence electrons. The van der Waals surface area contributed by atoms with Crippen LogP contribution < -0.4 is 5.32 Å². The van der Waals surface area contributed by atoms with Gasteiger partial charge in [0.15, 0.2) is 0 Å². The highest BCUT2D eigenvalue weighted by atomic mass is 35.5. The smallest absolute Gasteiger partial charge is 0.294 e. The summed E-state index contributed by atoms with van der Waals surface area (Å²) in [5.41, 5.74) is 1.02. The Labute approximate surface area is 236 Å². The highest BCUT2D eigenvalue weighted by Gasteiger charge is 2.39. The van der Waals surface area contributed by atoms with E-state index in [9.17, 15) is 40.3 Å². The highest BCUT2D eigenvalue weighted by Crippen LogP contribution is 2.36. The van der Waals surface area contributed by atoms with E-state index in [2.05, 4.69) is 15.0 Å². The van der Waals surface area contributed by atoms with Gasteiger partial charge in [-0.3, -0.25) is 4.79 Å². The van der Waals surface area contributed by atoms with Crippen molar-refractivity contribution in [2.24, 2.45) is 11.8 Å². The van der Waals surface area contributed by atoms with Gasteiger partial charge in [-0.2, -0.15) is 0 Å². The molecular weight excluding hydrogens is 550 g/mol. The molecule has 0 unspecified atom stereocenters. The van der Waals surface area contributed by atoms with Gasteiger partial charge in [-0.25, -0.2) is 0 Å². The van der Waals surface area contributed by atoms with Gasteiger partial charge in [0, 0.05) is 23.8 Å². The fourth-order valence-electron chi connectivity index (χ4n) is 4.55. The third-order valence-electron chi connectivity index (χ3n) is 6.57. The average molecular weight is 586 g/mol. The molecule has 4 N–H and O–H groups in total. The zero-order chi connectivity index (χ0) is 29.5. The Kier molecular flexibility index (Phi) is 14.4. The summed E-state index contributed by atoms with van der Waals surface area (Å²) in [6, 6.07) is 6.37. The topological polar surface area (TPSA) is 195 Å². The van der Waals surface area contributed by atoms with E-state index in [0.717, 1.165) is 5.56 Å². The van der Waals surface area contributed by atoms with Crippen LogP contribution in [-0.4, -0.2) is 69.0 Å². The van der Waals surface area contributed by atoms with Crippen molar-refractivity contribution in [3.63, 3.8) is 0 Å². The summed E-state index contributed by atoms with van der Waals surface area (Å²) in [5.74, 6) is -1.01. The molecule has 1 aliphatic carbocycles. The first-order valence-corrected chi connectivity index (χ1v) is 13.4. The van der Waals surface area contributed by atoms with Crippen LogP contribution in [0.15, 0.2) is 48.6 Å². The van der Waals surface area contributed by atoms with Crippen LogP contribution in [0, 0.1) is 32.1 Å². The first-order valence-electron chi connectivity index (χ1n) is 13.0. The number of halogens is 1. The van der Waals surface area contributed by atoms with Crippen molar-refractivity contribution in [2.45, 2.75) is 69.3 Å². The van der Waals surface area contributed by atoms with Gasteiger partial charge in [0.25, 0.3) is 10.2 Å². The largest absolute Gasteiger partial charge is 0.393 e. The van der Waals surface area contributed by atoms with Gasteiger partial charge in [-0.05, 0) is 55.7 Å². The summed E-state index contributed by atoms with van der Waals surface area (Å²) in [6.07, 6.45) is 7.96. The summed E-state index contributed by atoms with van der Waals surface area (Å²) in [7, 11) is 0. The number of nitrogens with one attached hydrogen (secondary N) is 1.